The van der Waals surface area contributed by atoms with Crippen LogP contribution in [0.5, 0.6) is 5.75 Å². The van der Waals surface area contributed by atoms with E-state index in [9.17, 15) is 4.79 Å². The van der Waals surface area contributed by atoms with E-state index < -0.39 is 6.03 Å². The Bertz CT molecular complexity index is 326. The third kappa shape index (κ3) is 2.16. The summed E-state index contributed by atoms with van der Waals surface area (Å²) in [7, 11) is 1.61. The number of nitrogens with zero attached hydrogens (tertiary/aromatic N) is 1. The van der Waals surface area contributed by atoms with Crippen LogP contribution in [0.1, 0.15) is 6.92 Å². The van der Waals surface area contributed by atoms with Gasteiger partial charge >= 0.3 is 6.03 Å². The zero-order chi connectivity index (χ0) is 10.6. The first kappa shape index (κ1) is 10.4. The number of ether oxygens (including phenoxy) is 1. The minimum atomic E-state index is -0.503. The summed E-state index contributed by atoms with van der Waals surface area (Å²) < 4.78 is 5.36. The fourth-order valence-electron chi connectivity index (χ4n) is 1.13. The number of carbonyl (C=O) groups excluding carboxylic acids is 1. The number of para-hydroxylation sites is 2. The number of carbonyl (C=O) groups is 1. The zero-order valence-corrected chi connectivity index (χ0v) is 8.36. The minimum Gasteiger partial charge on any atom is -0.492 e. The second-order valence-electron chi connectivity index (χ2n) is 2.80. The molecule has 76 valence electrons. The van der Waals surface area contributed by atoms with E-state index in [0.717, 1.165) is 0 Å². The van der Waals surface area contributed by atoms with Crippen molar-refractivity contribution in [1.29, 1.82) is 0 Å². The van der Waals surface area contributed by atoms with Crippen molar-refractivity contribution in [3.8, 4) is 5.75 Å². The Balaban J connectivity index is 3.00. The van der Waals surface area contributed by atoms with E-state index in [4.69, 9.17) is 10.5 Å². The molecule has 1 aromatic carbocycles. The first-order valence-electron chi connectivity index (χ1n) is 4.41. The maximum absolute atomic E-state index is 10.9. The number of benzene rings is 1. The van der Waals surface area contributed by atoms with Crippen LogP contribution in [0.15, 0.2) is 24.3 Å². The van der Waals surface area contributed by atoms with Gasteiger partial charge in [-0.15, -0.1) is 0 Å². The summed E-state index contributed by atoms with van der Waals surface area (Å²) in [4.78, 5) is 12.3. The molecular weight excluding hydrogens is 180 g/mol. The van der Waals surface area contributed by atoms with Crippen molar-refractivity contribution in [3.05, 3.63) is 24.3 Å². The number of anilines is 1. The normalized spacial score (nSPS) is 9.57. The zero-order valence-electron chi connectivity index (χ0n) is 8.36. The number of amides is 2. The average Bonchev–Trinajstić information content (AvgIpc) is 2.18. The molecule has 0 atom stereocenters. The summed E-state index contributed by atoms with van der Waals surface area (Å²) in [5.41, 5.74) is 5.85. The average molecular weight is 194 g/mol. The van der Waals surface area contributed by atoms with Gasteiger partial charge in [0.25, 0.3) is 0 Å². The Kier molecular flexibility index (Phi) is 3.34. The fraction of sp³-hybridized carbons (Fsp3) is 0.300. The molecule has 0 aliphatic rings. The van der Waals surface area contributed by atoms with Crippen LogP contribution in [-0.4, -0.2) is 19.7 Å². The van der Waals surface area contributed by atoms with Crippen molar-refractivity contribution in [1.82, 2.24) is 0 Å². The topological polar surface area (TPSA) is 55.6 Å². The Morgan fingerprint density at radius 3 is 2.71 bits per heavy atom. The molecule has 4 heteroatoms. The minimum absolute atomic E-state index is 0.503. The second-order valence-corrected chi connectivity index (χ2v) is 2.80. The highest BCUT2D eigenvalue weighted by Crippen LogP contribution is 2.26. The largest absolute Gasteiger partial charge is 0.492 e. The van der Waals surface area contributed by atoms with E-state index in [0.29, 0.717) is 18.0 Å². The monoisotopic (exact) mass is 194 g/mol. The van der Waals surface area contributed by atoms with Gasteiger partial charge in [-0.05, 0) is 19.1 Å². The molecule has 0 aliphatic heterocycles. The molecule has 0 spiro atoms. The van der Waals surface area contributed by atoms with Crippen molar-refractivity contribution >= 4 is 11.7 Å². The lowest BCUT2D eigenvalue weighted by molar-refractivity contribution is 0.254. The Morgan fingerprint density at radius 2 is 2.14 bits per heavy atom. The van der Waals surface area contributed by atoms with Crippen LogP contribution < -0.4 is 15.4 Å². The third-order valence-corrected chi connectivity index (χ3v) is 1.86. The lowest BCUT2D eigenvalue weighted by Crippen LogP contribution is -2.32. The molecule has 0 aromatic heterocycles. The van der Waals surface area contributed by atoms with Gasteiger partial charge in [0, 0.05) is 7.05 Å². The quantitative estimate of drug-likeness (QED) is 0.794. The highest BCUT2D eigenvalue weighted by Gasteiger charge is 2.10. The van der Waals surface area contributed by atoms with Crippen LogP contribution in [-0.2, 0) is 0 Å². The van der Waals surface area contributed by atoms with Gasteiger partial charge in [0.2, 0.25) is 0 Å². The van der Waals surface area contributed by atoms with Gasteiger partial charge in [0.05, 0.1) is 12.3 Å². The number of primary amides is 1. The lowest BCUT2D eigenvalue weighted by Gasteiger charge is -2.17. The molecule has 4 nitrogen and oxygen atoms in total. The molecule has 1 rings (SSSR count). The molecule has 0 aliphatic carbocycles. The summed E-state index contributed by atoms with van der Waals surface area (Å²) in [6.07, 6.45) is 0. The number of nitrogens with two attached hydrogens (primary N) is 1. The fourth-order valence-corrected chi connectivity index (χ4v) is 1.13. The van der Waals surface area contributed by atoms with Crippen molar-refractivity contribution in [3.63, 3.8) is 0 Å². The van der Waals surface area contributed by atoms with Crippen molar-refractivity contribution in [2.75, 3.05) is 18.6 Å². The Hall–Kier alpha value is -1.71. The molecule has 0 saturated heterocycles. The molecule has 2 amide bonds. The molecule has 1 aromatic rings. The predicted octanol–water partition coefficient (Wildman–Crippen LogP) is 1.60. The molecule has 2 N–H and O–H groups in total. The van der Waals surface area contributed by atoms with Gasteiger partial charge in [-0.25, -0.2) is 4.79 Å². The van der Waals surface area contributed by atoms with Crippen LogP contribution in [0.3, 0.4) is 0 Å². The Labute approximate surface area is 83.3 Å². The molecular formula is C10H14N2O2. The Morgan fingerprint density at radius 1 is 1.50 bits per heavy atom. The molecule has 0 unspecified atom stereocenters. The van der Waals surface area contributed by atoms with E-state index in [-0.39, 0.29) is 0 Å². The van der Waals surface area contributed by atoms with E-state index in [2.05, 4.69) is 0 Å². The molecule has 0 bridgehead atoms. The maximum Gasteiger partial charge on any atom is 0.319 e. The van der Waals surface area contributed by atoms with Crippen LogP contribution >= 0.6 is 0 Å². The SMILES string of the molecule is CCOc1ccccc1N(C)C(N)=O. The highest BCUT2D eigenvalue weighted by molar-refractivity contribution is 5.91. The molecule has 0 fully saturated rings. The lowest BCUT2D eigenvalue weighted by atomic mass is 10.3. The van der Waals surface area contributed by atoms with Gasteiger partial charge in [0.1, 0.15) is 5.75 Å². The summed E-state index contributed by atoms with van der Waals surface area (Å²) in [6.45, 7) is 2.45. The van der Waals surface area contributed by atoms with Crippen LogP contribution in [0.2, 0.25) is 0 Å². The van der Waals surface area contributed by atoms with Gasteiger partial charge in [0.15, 0.2) is 0 Å². The maximum atomic E-state index is 10.9. The van der Waals surface area contributed by atoms with Gasteiger partial charge in [-0.1, -0.05) is 12.1 Å². The molecule has 0 heterocycles. The highest BCUT2D eigenvalue weighted by atomic mass is 16.5. The molecule has 0 radical (unpaired) electrons. The number of rotatable bonds is 3. The van der Waals surface area contributed by atoms with Crippen LogP contribution in [0, 0.1) is 0 Å². The number of urea groups is 1. The number of hydrogen-bond donors (Lipinski definition) is 1. The van der Waals surface area contributed by atoms with Crippen LogP contribution in [0.4, 0.5) is 10.5 Å². The van der Waals surface area contributed by atoms with E-state index in [1.54, 1.807) is 19.2 Å². The van der Waals surface area contributed by atoms with Gasteiger partial charge < -0.3 is 10.5 Å². The standard InChI is InChI=1S/C10H14N2O2/c1-3-14-9-7-5-4-6-8(9)12(2)10(11)13/h4-7H,3H2,1-2H3,(H2,11,13). The summed E-state index contributed by atoms with van der Waals surface area (Å²) in [6, 6.07) is 6.77. The summed E-state index contributed by atoms with van der Waals surface area (Å²) in [5.74, 6) is 0.663. The van der Waals surface area contributed by atoms with E-state index >= 15 is 0 Å². The molecule has 14 heavy (non-hydrogen) atoms. The second kappa shape index (κ2) is 4.50. The number of hydrogen-bond acceptors (Lipinski definition) is 2. The van der Waals surface area contributed by atoms with Crippen molar-refractivity contribution < 1.29 is 9.53 Å². The van der Waals surface area contributed by atoms with E-state index in [1.165, 1.54) is 4.90 Å². The summed E-state index contributed by atoms with van der Waals surface area (Å²) in [5, 5.41) is 0. The molecule has 0 saturated carbocycles. The predicted molar refractivity (Wildman–Crippen MR) is 55.6 cm³/mol. The van der Waals surface area contributed by atoms with Crippen molar-refractivity contribution in [2.24, 2.45) is 5.73 Å². The van der Waals surface area contributed by atoms with Crippen LogP contribution in [0.25, 0.3) is 0 Å². The smallest absolute Gasteiger partial charge is 0.319 e. The van der Waals surface area contributed by atoms with E-state index in [1.807, 2.05) is 19.1 Å². The first-order chi connectivity index (χ1) is 6.66. The third-order valence-electron chi connectivity index (χ3n) is 1.86. The van der Waals surface area contributed by atoms with Crippen molar-refractivity contribution in [2.45, 2.75) is 6.92 Å². The van der Waals surface area contributed by atoms with Gasteiger partial charge in [-0.3, -0.25) is 4.90 Å². The summed E-state index contributed by atoms with van der Waals surface area (Å²) >= 11 is 0. The van der Waals surface area contributed by atoms with Gasteiger partial charge in [-0.2, -0.15) is 0 Å². The first-order valence-corrected chi connectivity index (χ1v) is 4.41.